The molecule has 9 heteroatoms. The first-order chi connectivity index (χ1) is 35.3. The molecule has 0 bridgehead atoms. The molecule has 2 aliphatic heterocycles. The summed E-state index contributed by atoms with van der Waals surface area (Å²) >= 11 is 0. The van der Waals surface area contributed by atoms with Gasteiger partial charge in [0, 0.05) is 38.9 Å². The van der Waals surface area contributed by atoms with Crippen LogP contribution in [-0.2, 0) is 42.2 Å². The van der Waals surface area contributed by atoms with E-state index in [0.29, 0.717) is 23.7 Å². The molecular formula is C66H89N6O2Y. The van der Waals surface area contributed by atoms with Crippen molar-refractivity contribution >= 4 is 51.9 Å². The van der Waals surface area contributed by atoms with E-state index in [1.54, 1.807) is 6.34 Å². The molecule has 398 valence electrons. The number of benzene rings is 5. The minimum Gasteiger partial charge on any atom is -0.663 e. The minimum absolute atomic E-state index is 0. The summed E-state index contributed by atoms with van der Waals surface area (Å²) in [6.07, 6.45) is 14.4. The van der Waals surface area contributed by atoms with Crippen molar-refractivity contribution in [3.05, 3.63) is 172 Å². The monoisotopic (exact) mass is 1090 g/mol. The summed E-state index contributed by atoms with van der Waals surface area (Å²) in [4.78, 5) is 22.5. The zero-order chi connectivity index (χ0) is 54.1. The number of rotatable bonds is 9. The minimum atomic E-state index is -0.0294. The van der Waals surface area contributed by atoms with E-state index in [4.69, 9.17) is 19.8 Å². The van der Waals surface area contributed by atoms with Gasteiger partial charge in [-0.1, -0.05) is 183 Å². The first-order valence-corrected chi connectivity index (χ1v) is 27.0. The molecule has 75 heavy (non-hydrogen) atoms. The average molecular weight is 1090 g/mol. The third kappa shape index (κ3) is 23.4. The smallest absolute Gasteiger partial charge is 0.663 e. The summed E-state index contributed by atoms with van der Waals surface area (Å²) in [5, 5.41) is 7.20. The number of nitrogens with zero attached hydrogens (tertiary/aromatic N) is 6. The number of ether oxygens (including phenoxy) is 2. The van der Waals surface area contributed by atoms with Gasteiger partial charge in [-0.3, -0.25) is 9.98 Å². The zero-order valence-corrected chi connectivity index (χ0v) is 51.2. The maximum Gasteiger partial charge on any atom is 3.00 e. The van der Waals surface area contributed by atoms with Crippen molar-refractivity contribution in [2.75, 3.05) is 26.4 Å². The average Bonchev–Trinajstić information content (AvgIpc) is 4.23. The Labute approximate surface area is 478 Å². The van der Waals surface area contributed by atoms with Crippen molar-refractivity contribution in [2.45, 2.75) is 164 Å². The third-order valence-corrected chi connectivity index (χ3v) is 12.0. The molecule has 0 aliphatic carbocycles. The second-order valence-corrected chi connectivity index (χ2v) is 22.2. The van der Waals surface area contributed by atoms with E-state index in [1.165, 1.54) is 64.3 Å². The fourth-order valence-corrected chi connectivity index (χ4v) is 7.83. The molecule has 9 rings (SSSR count). The molecular weight excluding hydrogens is 998 g/mol. The molecule has 0 unspecified atom stereocenters. The number of hydrogen-bond donors (Lipinski definition) is 0. The van der Waals surface area contributed by atoms with Crippen LogP contribution in [0.3, 0.4) is 0 Å². The van der Waals surface area contributed by atoms with E-state index in [2.05, 4.69) is 184 Å². The molecule has 0 spiro atoms. The van der Waals surface area contributed by atoms with Crippen molar-refractivity contribution < 1.29 is 42.2 Å². The van der Waals surface area contributed by atoms with Gasteiger partial charge in [0.1, 0.15) is 0 Å². The van der Waals surface area contributed by atoms with Gasteiger partial charge in [0.05, 0.1) is 11.1 Å². The van der Waals surface area contributed by atoms with Crippen molar-refractivity contribution in [3.8, 4) is 0 Å². The Kier molecular flexibility index (Phi) is 28.5. The summed E-state index contributed by atoms with van der Waals surface area (Å²) in [5.74, 6) is 1.74. The van der Waals surface area contributed by atoms with Crippen LogP contribution in [0.2, 0.25) is 0 Å². The van der Waals surface area contributed by atoms with Crippen LogP contribution in [-0.4, -0.2) is 56.3 Å². The maximum atomic E-state index is 4.94. The van der Waals surface area contributed by atoms with E-state index < -0.39 is 0 Å². The number of aliphatic imine (C=N–C) groups is 3. The van der Waals surface area contributed by atoms with Crippen molar-refractivity contribution in [2.24, 2.45) is 15.0 Å². The van der Waals surface area contributed by atoms with Gasteiger partial charge in [0.15, 0.2) is 0 Å². The summed E-state index contributed by atoms with van der Waals surface area (Å²) < 4.78 is 9.89. The number of aromatic nitrogens is 2. The Balaban J connectivity index is 0.000000262. The molecule has 4 heterocycles. The molecule has 2 aromatic heterocycles. The van der Waals surface area contributed by atoms with E-state index in [-0.39, 0.29) is 43.8 Å². The standard InChI is InChI=1S/C25H35N2.2C13H15N2.C7H8.2C4H8O.Y/c1-16(2)20-11-9-12-21(17(3)4)24(20)26-15-27-25-22(18(5)6)13-10-14-23(25)19(7)8;2*1-13(2,3)15-9-10-8-14-12-7-5-4-6-11(10)12;1-7-5-3-2-4-6-7;2*1-2-4-5-3-1;/h9-19H,1-8H3;2*4-9H,1-3H3;2-6H,1H3;2*1-4H2;/q3*-1;;;;+3. The van der Waals surface area contributed by atoms with E-state index in [1.807, 2.05) is 79.4 Å². The molecule has 0 N–H and O–H groups in total. The molecule has 0 amide bonds. The van der Waals surface area contributed by atoms with Crippen LogP contribution < -0.4 is 9.97 Å². The normalized spacial score (nSPS) is 13.5. The SMILES string of the molecule is C1CCOC1.C1CCOC1.CC(C)(C)N=Cc1c[n-]c2ccccc12.CC(C)(C)N=Cc1c[n-]c2ccccc12.CC(C)c1cccc(C(C)C)c1N=C[N-]c1c(C(C)C)cccc1C(C)C.Cc1ccccc1.[Y+3]. The summed E-state index contributed by atoms with van der Waals surface area (Å²) in [6.45, 7) is 36.4. The second kappa shape index (κ2) is 33.2. The Morgan fingerprint density at radius 1 is 0.480 bits per heavy atom. The summed E-state index contributed by atoms with van der Waals surface area (Å²) in [6, 6.07) is 39.5. The Morgan fingerprint density at radius 3 is 1.16 bits per heavy atom. The number of para-hydroxylation sites is 4. The Morgan fingerprint density at radius 2 is 0.840 bits per heavy atom. The summed E-state index contributed by atoms with van der Waals surface area (Å²) in [7, 11) is 0. The molecule has 0 radical (unpaired) electrons. The van der Waals surface area contributed by atoms with Crippen molar-refractivity contribution in [3.63, 3.8) is 0 Å². The topological polar surface area (TPSA) is 97.8 Å². The molecule has 7 aromatic rings. The van der Waals surface area contributed by atoms with Gasteiger partial charge in [-0.05, 0) is 153 Å². The first kappa shape index (κ1) is 64.3. The predicted octanol–water partition coefficient (Wildman–Crippen LogP) is 18.2. The third-order valence-electron chi connectivity index (χ3n) is 12.0. The van der Waals surface area contributed by atoms with Gasteiger partial charge in [-0.25, -0.2) is 0 Å². The molecule has 2 saturated heterocycles. The molecule has 8 nitrogen and oxygen atoms in total. The van der Waals surface area contributed by atoms with Crippen LogP contribution in [0.15, 0.2) is 143 Å². The number of fused-ring (bicyclic) bond motifs is 2. The quantitative estimate of drug-likeness (QED) is 0.106. The van der Waals surface area contributed by atoms with Crippen LogP contribution in [0, 0.1) is 6.92 Å². The van der Waals surface area contributed by atoms with Crippen LogP contribution >= 0.6 is 0 Å². The number of aryl methyl sites for hydroxylation is 1. The fourth-order valence-electron chi connectivity index (χ4n) is 7.83. The Bertz CT molecular complexity index is 2590. The first-order valence-electron chi connectivity index (χ1n) is 27.0. The maximum absolute atomic E-state index is 4.94. The summed E-state index contributed by atoms with van der Waals surface area (Å²) in [5.41, 5.74) is 12.8. The van der Waals surface area contributed by atoms with E-state index in [9.17, 15) is 0 Å². The van der Waals surface area contributed by atoms with E-state index in [0.717, 1.165) is 60.0 Å². The van der Waals surface area contributed by atoms with Crippen LogP contribution in [0.5, 0.6) is 0 Å². The number of hydrogen-bond acceptors (Lipinski definition) is 5. The van der Waals surface area contributed by atoms with Gasteiger partial charge < -0.3 is 29.8 Å². The van der Waals surface area contributed by atoms with Crippen molar-refractivity contribution in [1.82, 2.24) is 9.97 Å². The Hall–Kier alpha value is -4.99. The van der Waals surface area contributed by atoms with Gasteiger partial charge in [0.25, 0.3) is 0 Å². The molecule has 0 saturated carbocycles. The fraction of sp³-hybridized carbons (Fsp3) is 0.439. The van der Waals surface area contributed by atoms with Gasteiger partial charge in [-0.2, -0.15) is 12.4 Å². The molecule has 2 aliphatic rings. The molecule has 5 aromatic carbocycles. The second-order valence-electron chi connectivity index (χ2n) is 22.2. The molecule has 2 fully saturated rings. The van der Waals surface area contributed by atoms with E-state index >= 15 is 0 Å². The van der Waals surface area contributed by atoms with Crippen LogP contribution in [0.4, 0.5) is 11.4 Å². The van der Waals surface area contributed by atoms with Crippen LogP contribution in [0.25, 0.3) is 27.1 Å². The molecule has 0 atom stereocenters. The van der Waals surface area contributed by atoms with Gasteiger partial charge in [0.2, 0.25) is 0 Å². The van der Waals surface area contributed by atoms with Gasteiger partial charge in [-0.15, -0.1) is 11.0 Å². The van der Waals surface area contributed by atoms with Crippen LogP contribution in [0.1, 0.15) is 185 Å². The predicted molar refractivity (Wildman–Crippen MR) is 321 cm³/mol. The largest absolute Gasteiger partial charge is 3.00 e. The van der Waals surface area contributed by atoms with Crippen molar-refractivity contribution in [1.29, 1.82) is 0 Å². The van der Waals surface area contributed by atoms with Gasteiger partial charge >= 0.3 is 32.7 Å². The zero-order valence-electron chi connectivity index (χ0n) is 48.4.